The fourth-order valence-corrected chi connectivity index (χ4v) is 4.73. The van der Waals surface area contributed by atoms with E-state index < -0.39 is 13.3 Å². The van der Waals surface area contributed by atoms with E-state index in [-0.39, 0.29) is 12.1 Å². The van der Waals surface area contributed by atoms with Crippen LogP contribution in [0.25, 0.3) is 0 Å². The normalized spacial score (nSPS) is 31.1. The van der Waals surface area contributed by atoms with Crippen LogP contribution in [-0.4, -0.2) is 23.4 Å². The second kappa shape index (κ2) is 6.98. The summed E-state index contributed by atoms with van der Waals surface area (Å²) in [6.07, 6.45) is 3.39. The molecule has 1 aromatic carbocycles. The molecule has 4 unspecified atom stereocenters. The van der Waals surface area contributed by atoms with E-state index in [1.807, 2.05) is 44.2 Å². The molecule has 0 bridgehead atoms. The minimum absolute atomic E-state index is 0.123. The monoisotopic (exact) mass is 334 g/mol. The molecule has 1 saturated heterocycles. The summed E-state index contributed by atoms with van der Waals surface area (Å²) in [7, 11) is -1.85. The molecule has 1 aromatic rings. The fraction of sp³-hybridized carbons (Fsp3) is 0.471. The predicted molar refractivity (Wildman–Crippen MR) is 89.6 cm³/mol. The van der Waals surface area contributed by atoms with Gasteiger partial charge in [-0.2, -0.15) is 5.26 Å². The lowest BCUT2D eigenvalue weighted by Gasteiger charge is -2.28. The average molecular weight is 334 g/mol. The standard InChI is InChI=1S/C17H23N2O3P/c1-5-12-17(6-2,13-18)22-23(20)19(4)14(3)16(21-23)15-10-8-7-9-11-15/h5,7-12,14,16H,6H2,1-4H3/b12-5+. The summed E-state index contributed by atoms with van der Waals surface area (Å²) in [4.78, 5) is 0. The van der Waals surface area contributed by atoms with Crippen molar-refractivity contribution in [1.82, 2.24) is 4.67 Å². The number of benzene rings is 1. The quantitative estimate of drug-likeness (QED) is 0.588. The molecular formula is C17H23N2O3P. The topological polar surface area (TPSA) is 62.6 Å². The maximum atomic E-state index is 13.2. The summed E-state index contributed by atoms with van der Waals surface area (Å²) in [5.41, 5.74) is -0.303. The van der Waals surface area contributed by atoms with Crippen molar-refractivity contribution in [2.24, 2.45) is 0 Å². The first-order chi connectivity index (χ1) is 10.9. The highest BCUT2D eigenvalue weighted by atomic mass is 31.2. The van der Waals surface area contributed by atoms with Crippen molar-refractivity contribution in [2.45, 2.75) is 44.9 Å². The Kier molecular flexibility index (Phi) is 5.44. The Morgan fingerprint density at radius 1 is 1.48 bits per heavy atom. The summed E-state index contributed by atoms with van der Waals surface area (Å²) < 4.78 is 26.5. The van der Waals surface area contributed by atoms with Gasteiger partial charge in [-0.25, -0.2) is 9.24 Å². The summed E-state index contributed by atoms with van der Waals surface area (Å²) in [5, 5.41) is 9.50. The predicted octanol–water partition coefficient (Wildman–Crippen LogP) is 4.45. The van der Waals surface area contributed by atoms with E-state index in [0.717, 1.165) is 5.56 Å². The molecular weight excluding hydrogens is 311 g/mol. The number of nitriles is 1. The van der Waals surface area contributed by atoms with Crippen LogP contribution in [-0.2, 0) is 13.6 Å². The highest BCUT2D eigenvalue weighted by Gasteiger charge is 2.51. The molecule has 1 heterocycles. The summed E-state index contributed by atoms with van der Waals surface area (Å²) in [5.74, 6) is 0. The zero-order chi connectivity index (χ0) is 17.1. The van der Waals surface area contributed by atoms with Gasteiger partial charge in [-0.15, -0.1) is 0 Å². The number of allylic oxidation sites excluding steroid dienone is 1. The van der Waals surface area contributed by atoms with Crippen LogP contribution in [0.2, 0.25) is 0 Å². The molecule has 4 atom stereocenters. The Labute approximate surface area is 138 Å². The van der Waals surface area contributed by atoms with E-state index in [0.29, 0.717) is 6.42 Å². The van der Waals surface area contributed by atoms with Gasteiger partial charge in [0.15, 0.2) is 5.60 Å². The molecule has 0 N–H and O–H groups in total. The molecule has 5 nitrogen and oxygen atoms in total. The SMILES string of the molecule is C/C=C/C(C#N)(CC)OP1(=O)OC(c2ccccc2)C(C)N1C. The maximum absolute atomic E-state index is 13.2. The molecule has 124 valence electrons. The molecule has 0 saturated carbocycles. The van der Waals surface area contributed by atoms with Gasteiger partial charge in [-0.3, -0.25) is 9.05 Å². The molecule has 23 heavy (non-hydrogen) atoms. The Morgan fingerprint density at radius 3 is 2.65 bits per heavy atom. The van der Waals surface area contributed by atoms with Gasteiger partial charge in [0.25, 0.3) is 0 Å². The molecule has 1 fully saturated rings. The zero-order valence-corrected chi connectivity index (χ0v) is 14.9. The van der Waals surface area contributed by atoms with Crippen LogP contribution in [0, 0.1) is 11.3 Å². The van der Waals surface area contributed by atoms with Gasteiger partial charge in [0.1, 0.15) is 12.2 Å². The number of hydrogen-bond acceptors (Lipinski definition) is 4. The third kappa shape index (κ3) is 3.41. The first-order valence-electron chi connectivity index (χ1n) is 7.74. The van der Waals surface area contributed by atoms with E-state index in [1.165, 1.54) is 0 Å². The van der Waals surface area contributed by atoms with E-state index in [2.05, 4.69) is 6.07 Å². The van der Waals surface area contributed by atoms with Crippen molar-refractivity contribution >= 4 is 7.75 Å². The van der Waals surface area contributed by atoms with Crippen LogP contribution < -0.4 is 0 Å². The molecule has 0 aromatic heterocycles. The van der Waals surface area contributed by atoms with Gasteiger partial charge < -0.3 is 0 Å². The lowest BCUT2D eigenvalue weighted by atomic mass is 10.0. The lowest BCUT2D eigenvalue weighted by Crippen LogP contribution is -2.30. The molecule has 0 radical (unpaired) electrons. The second-order valence-corrected chi connectivity index (χ2v) is 7.63. The van der Waals surface area contributed by atoms with Gasteiger partial charge in [0.2, 0.25) is 0 Å². The van der Waals surface area contributed by atoms with Crippen LogP contribution in [0.5, 0.6) is 0 Å². The largest absolute Gasteiger partial charge is 0.410 e. The highest BCUT2D eigenvalue weighted by molar-refractivity contribution is 7.51. The fourth-order valence-electron chi connectivity index (χ4n) is 2.62. The van der Waals surface area contributed by atoms with Gasteiger partial charge >= 0.3 is 7.75 Å². The van der Waals surface area contributed by atoms with Crippen molar-refractivity contribution in [2.75, 3.05) is 7.05 Å². The third-order valence-corrected chi connectivity index (χ3v) is 6.40. The van der Waals surface area contributed by atoms with Gasteiger partial charge in [-0.05, 0) is 39.0 Å². The van der Waals surface area contributed by atoms with E-state index in [9.17, 15) is 9.83 Å². The lowest BCUT2D eigenvalue weighted by molar-refractivity contribution is 0.113. The van der Waals surface area contributed by atoms with Crippen molar-refractivity contribution < 1.29 is 13.6 Å². The van der Waals surface area contributed by atoms with Gasteiger partial charge in [0.05, 0.1) is 0 Å². The van der Waals surface area contributed by atoms with Gasteiger partial charge in [-0.1, -0.05) is 43.3 Å². The molecule has 2 rings (SSSR count). The van der Waals surface area contributed by atoms with Gasteiger partial charge in [0, 0.05) is 6.04 Å². The number of rotatable bonds is 5. The Morgan fingerprint density at radius 2 is 2.13 bits per heavy atom. The zero-order valence-electron chi connectivity index (χ0n) is 14.0. The second-order valence-electron chi connectivity index (χ2n) is 5.67. The summed E-state index contributed by atoms with van der Waals surface area (Å²) in [6.45, 7) is 5.57. The molecule has 0 spiro atoms. The number of nitrogens with zero attached hydrogens (tertiary/aromatic N) is 2. The van der Waals surface area contributed by atoms with E-state index in [4.69, 9.17) is 9.05 Å². The average Bonchev–Trinajstić information content (AvgIpc) is 2.79. The maximum Gasteiger partial charge on any atom is 0.410 e. The summed E-state index contributed by atoms with van der Waals surface area (Å²) in [6, 6.07) is 11.6. The van der Waals surface area contributed by atoms with Crippen molar-refractivity contribution in [3.63, 3.8) is 0 Å². The molecule has 0 aliphatic carbocycles. The van der Waals surface area contributed by atoms with Crippen LogP contribution in [0.15, 0.2) is 42.5 Å². The Hall–Kier alpha value is -1.44. The molecule has 6 heteroatoms. The molecule has 1 aliphatic rings. The van der Waals surface area contributed by atoms with E-state index >= 15 is 0 Å². The van der Waals surface area contributed by atoms with Crippen LogP contribution in [0.3, 0.4) is 0 Å². The minimum atomic E-state index is -3.56. The Bertz CT molecular complexity index is 656. The number of likely N-dealkylation sites (N-methyl/N-ethyl adjacent to an activating group) is 1. The molecule has 1 aliphatic heterocycles. The van der Waals surface area contributed by atoms with Crippen LogP contribution in [0.1, 0.15) is 38.9 Å². The highest BCUT2D eigenvalue weighted by Crippen LogP contribution is 2.64. The van der Waals surface area contributed by atoms with E-state index in [1.54, 1.807) is 30.8 Å². The molecule has 0 amide bonds. The van der Waals surface area contributed by atoms with Crippen molar-refractivity contribution in [1.29, 1.82) is 5.26 Å². The third-order valence-electron chi connectivity index (χ3n) is 4.22. The first kappa shape index (κ1) is 17.9. The Balaban J connectivity index is 2.32. The minimum Gasteiger partial charge on any atom is -0.287 e. The first-order valence-corrected chi connectivity index (χ1v) is 9.23. The summed E-state index contributed by atoms with van der Waals surface area (Å²) >= 11 is 0. The smallest absolute Gasteiger partial charge is 0.287 e. The van der Waals surface area contributed by atoms with Crippen LogP contribution >= 0.6 is 7.75 Å². The van der Waals surface area contributed by atoms with Crippen LogP contribution in [0.4, 0.5) is 0 Å². The number of hydrogen-bond donors (Lipinski definition) is 0. The van der Waals surface area contributed by atoms with Crippen molar-refractivity contribution in [3.8, 4) is 6.07 Å². The van der Waals surface area contributed by atoms with Crippen molar-refractivity contribution in [3.05, 3.63) is 48.0 Å².